The maximum absolute atomic E-state index is 13.6. The van der Waals surface area contributed by atoms with E-state index < -0.39 is 6.10 Å². The number of piperidine rings is 1. The number of nitrogens with zero attached hydrogens (tertiary/aromatic N) is 3. The van der Waals surface area contributed by atoms with E-state index in [-0.39, 0.29) is 41.4 Å². The average Bonchev–Trinajstić information content (AvgIpc) is 3.71. The van der Waals surface area contributed by atoms with Gasteiger partial charge in [0.15, 0.2) is 0 Å². The number of aromatic amines is 1. The van der Waals surface area contributed by atoms with Gasteiger partial charge in [0.05, 0.1) is 29.2 Å². The number of aliphatic hydroxyl groups is 1. The standard InChI is InChI=1S/C31H42N4O3/c1-17-23-14-24(26(17)18(2)36)28-27(23)30(37)35(31(28)38)16-21-7-5-6-20(21)15-34-12-10-19(11-13-34)29-22-8-3-4-9-25(22)32-33-29/h3-4,8-9,17-21,23-24,26-28,36H,5-7,10-16H2,1-2H3,(H,32,33)/t17?,18?,20-,21-,23?,24?,26?,27?,28?/m1/s1. The van der Waals surface area contributed by atoms with Gasteiger partial charge in [-0.3, -0.25) is 19.6 Å². The summed E-state index contributed by atoms with van der Waals surface area (Å²) in [5.74, 6) is 2.24. The van der Waals surface area contributed by atoms with Crippen LogP contribution in [-0.4, -0.2) is 69.2 Å². The molecule has 204 valence electrons. The third-order valence-corrected chi connectivity index (χ3v) is 11.5. The summed E-state index contributed by atoms with van der Waals surface area (Å²) in [6, 6.07) is 8.42. The second kappa shape index (κ2) is 9.44. The molecule has 3 aliphatic carbocycles. The lowest BCUT2D eigenvalue weighted by molar-refractivity contribution is -0.141. The Balaban J connectivity index is 0.978. The molecule has 3 saturated carbocycles. The van der Waals surface area contributed by atoms with Gasteiger partial charge in [-0.05, 0) is 93.7 Å². The van der Waals surface area contributed by atoms with Crippen molar-refractivity contribution in [2.45, 2.75) is 64.4 Å². The van der Waals surface area contributed by atoms with E-state index in [1.807, 2.05) is 6.92 Å². The number of aromatic nitrogens is 2. The molecule has 0 spiro atoms. The lowest BCUT2D eigenvalue weighted by atomic mass is 9.68. The fraction of sp³-hybridized carbons (Fsp3) is 0.710. The molecule has 2 N–H and O–H groups in total. The van der Waals surface area contributed by atoms with Crippen LogP contribution in [0.25, 0.3) is 10.9 Å². The van der Waals surface area contributed by atoms with E-state index >= 15 is 0 Å². The lowest BCUT2D eigenvalue weighted by Crippen LogP contribution is -2.41. The largest absolute Gasteiger partial charge is 0.393 e. The first-order chi connectivity index (χ1) is 18.4. The number of amides is 2. The number of hydrogen-bond donors (Lipinski definition) is 2. The number of benzene rings is 1. The molecule has 7 heteroatoms. The van der Waals surface area contributed by atoms with Crippen LogP contribution >= 0.6 is 0 Å². The van der Waals surface area contributed by atoms with Crippen molar-refractivity contribution in [1.29, 1.82) is 0 Å². The van der Waals surface area contributed by atoms with Crippen molar-refractivity contribution < 1.29 is 14.7 Å². The fourth-order valence-electron chi connectivity index (χ4n) is 9.72. The Labute approximate surface area is 225 Å². The number of para-hydroxylation sites is 1. The molecule has 5 fully saturated rings. The van der Waals surface area contributed by atoms with Gasteiger partial charge >= 0.3 is 0 Å². The van der Waals surface area contributed by atoms with E-state index in [4.69, 9.17) is 0 Å². The second-order valence-corrected chi connectivity index (χ2v) is 13.3. The summed E-state index contributed by atoms with van der Waals surface area (Å²) in [6.07, 6.45) is 6.30. The number of H-pyrrole nitrogens is 1. The van der Waals surface area contributed by atoms with Crippen molar-refractivity contribution in [3.63, 3.8) is 0 Å². The van der Waals surface area contributed by atoms with Crippen molar-refractivity contribution in [2.24, 2.45) is 47.3 Å². The summed E-state index contributed by atoms with van der Waals surface area (Å²) in [6.45, 7) is 7.90. The SMILES string of the molecule is CC(O)C1C(C)C2CC1C1C(=O)N(C[C@H]3CCC[C@@H]3CN3CCC(c4n[nH]c5ccccc45)CC3)C(=O)C21. The summed E-state index contributed by atoms with van der Waals surface area (Å²) >= 11 is 0. The number of fused-ring (bicyclic) bond motifs is 6. The van der Waals surface area contributed by atoms with Crippen LogP contribution in [0.1, 0.15) is 64.0 Å². The fourth-order valence-corrected chi connectivity index (χ4v) is 9.72. The van der Waals surface area contributed by atoms with E-state index in [0.717, 1.165) is 50.8 Å². The lowest BCUT2D eigenvalue weighted by Gasteiger charge is -2.35. The van der Waals surface area contributed by atoms with Crippen LogP contribution in [0.2, 0.25) is 0 Å². The third kappa shape index (κ3) is 3.79. The normalized spacial score (nSPS) is 38.6. The Hall–Kier alpha value is -2.25. The highest BCUT2D eigenvalue weighted by Gasteiger charge is 2.66. The third-order valence-electron chi connectivity index (χ3n) is 11.5. The van der Waals surface area contributed by atoms with Crippen molar-refractivity contribution in [3.05, 3.63) is 30.0 Å². The quantitative estimate of drug-likeness (QED) is 0.564. The minimum atomic E-state index is -0.409. The first-order valence-corrected chi connectivity index (χ1v) is 15.1. The molecule has 0 radical (unpaired) electrons. The minimum absolute atomic E-state index is 0.0720. The molecule has 7 nitrogen and oxygen atoms in total. The highest BCUT2D eigenvalue weighted by Crippen LogP contribution is 2.62. The topological polar surface area (TPSA) is 89.5 Å². The molecule has 38 heavy (non-hydrogen) atoms. The van der Waals surface area contributed by atoms with Crippen molar-refractivity contribution in [2.75, 3.05) is 26.2 Å². The molecule has 5 aliphatic rings. The summed E-state index contributed by atoms with van der Waals surface area (Å²) in [5, 5.41) is 19.5. The molecule has 2 aromatic rings. The van der Waals surface area contributed by atoms with E-state index in [9.17, 15) is 14.7 Å². The van der Waals surface area contributed by atoms with E-state index in [1.54, 1.807) is 4.90 Å². The summed E-state index contributed by atoms with van der Waals surface area (Å²) in [4.78, 5) is 31.4. The molecule has 1 aromatic heterocycles. The molecule has 2 saturated heterocycles. The highest BCUT2D eigenvalue weighted by molar-refractivity contribution is 6.06. The zero-order valence-corrected chi connectivity index (χ0v) is 22.8. The summed E-state index contributed by atoms with van der Waals surface area (Å²) in [5.41, 5.74) is 2.34. The van der Waals surface area contributed by atoms with Crippen LogP contribution in [0.15, 0.2) is 24.3 Å². The Morgan fingerprint density at radius 1 is 1.00 bits per heavy atom. The number of carbonyl (C=O) groups excluding carboxylic acids is 2. The van der Waals surface area contributed by atoms with Gasteiger partial charge in [-0.25, -0.2) is 0 Å². The number of rotatable bonds is 6. The molecule has 3 heterocycles. The van der Waals surface area contributed by atoms with Crippen molar-refractivity contribution >= 4 is 22.7 Å². The predicted octanol–water partition coefficient (Wildman–Crippen LogP) is 4.04. The molecule has 9 atom stereocenters. The monoisotopic (exact) mass is 518 g/mol. The Morgan fingerprint density at radius 2 is 1.68 bits per heavy atom. The predicted molar refractivity (Wildman–Crippen MR) is 145 cm³/mol. The zero-order chi connectivity index (χ0) is 26.1. The van der Waals surface area contributed by atoms with Gasteiger partial charge in [0.2, 0.25) is 11.8 Å². The molecule has 2 bridgehead atoms. The van der Waals surface area contributed by atoms with Crippen LogP contribution < -0.4 is 0 Å². The van der Waals surface area contributed by atoms with Crippen LogP contribution in [0.3, 0.4) is 0 Å². The Kier molecular flexibility index (Phi) is 6.15. The first kappa shape index (κ1) is 24.8. The van der Waals surface area contributed by atoms with Crippen LogP contribution in [0.4, 0.5) is 0 Å². The molecule has 7 unspecified atom stereocenters. The zero-order valence-electron chi connectivity index (χ0n) is 22.8. The molecule has 2 aliphatic heterocycles. The highest BCUT2D eigenvalue weighted by atomic mass is 16.3. The minimum Gasteiger partial charge on any atom is -0.393 e. The van der Waals surface area contributed by atoms with Crippen LogP contribution in [0, 0.1) is 47.3 Å². The van der Waals surface area contributed by atoms with Gasteiger partial charge in [-0.2, -0.15) is 5.10 Å². The second-order valence-electron chi connectivity index (χ2n) is 13.3. The van der Waals surface area contributed by atoms with Crippen LogP contribution in [0.5, 0.6) is 0 Å². The van der Waals surface area contributed by atoms with Crippen molar-refractivity contribution in [3.8, 4) is 0 Å². The number of aliphatic hydroxyl groups excluding tert-OH is 1. The Bertz CT molecular complexity index is 1220. The maximum Gasteiger partial charge on any atom is 0.233 e. The molecule has 7 rings (SSSR count). The Morgan fingerprint density at radius 3 is 2.42 bits per heavy atom. The number of carbonyl (C=O) groups is 2. The van der Waals surface area contributed by atoms with E-state index in [1.165, 1.54) is 23.9 Å². The number of imide groups is 1. The van der Waals surface area contributed by atoms with Gasteiger partial charge in [-0.1, -0.05) is 31.5 Å². The number of likely N-dealkylation sites (tertiary alicyclic amines) is 2. The number of nitrogens with one attached hydrogen (secondary N) is 1. The summed E-state index contributed by atoms with van der Waals surface area (Å²) in [7, 11) is 0. The van der Waals surface area contributed by atoms with Gasteiger partial charge in [-0.15, -0.1) is 0 Å². The first-order valence-electron chi connectivity index (χ1n) is 15.1. The molecule has 1 aromatic carbocycles. The summed E-state index contributed by atoms with van der Waals surface area (Å²) < 4.78 is 0. The van der Waals surface area contributed by atoms with Gasteiger partial charge in [0.25, 0.3) is 0 Å². The van der Waals surface area contributed by atoms with Gasteiger partial charge < -0.3 is 10.0 Å². The molecular formula is C31H42N4O3. The maximum atomic E-state index is 13.6. The molecular weight excluding hydrogens is 476 g/mol. The number of hydrogen-bond acceptors (Lipinski definition) is 5. The van der Waals surface area contributed by atoms with Gasteiger partial charge in [0.1, 0.15) is 0 Å². The van der Waals surface area contributed by atoms with E-state index in [2.05, 4.69) is 46.3 Å². The van der Waals surface area contributed by atoms with E-state index in [0.29, 0.717) is 30.2 Å². The van der Waals surface area contributed by atoms with Gasteiger partial charge in [0, 0.05) is 24.4 Å². The van der Waals surface area contributed by atoms with Crippen molar-refractivity contribution in [1.82, 2.24) is 20.0 Å². The molecule has 2 amide bonds. The van der Waals surface area contributed by atoms with Crippen LogP contribution in [-0.2, 0) is 9.59 Å². The smallest absolute Gasteiger partial charge is 0.233 e. The average molecular weight is 519 g/mol.